The smallest absolute Gasteiger partial charge is 0.228 e. The number of benzene rings is 2. The van der Waals surface area contributed by atoms with E-state index in [0.717, 1.165) is 49.3 Å². The van der Waals surface area contributed by atoms with Gasteiger partial charge in [0.25, 0.3) is 0 Å². The number of hydrogen-bond acceptors (Lipinski definition) is 3. The summed E-state index contributed by atoms with van der Waals surface area (Å²) >= 11 is 0. The van der Waals surface area contributed by atoms with Gasteiger partial charge in [-0.2, -0.15) is 0 Å². The van der Waals surface area contributed by atoms with Crippen LogP contribution in [0, 0.1) is 11.7 Å². The lowest BCUT2D eigenvalue weighted by atomic mass is 9.96. The van der Waals surface area contributed by atoms with Crippen LogP contribution in [-0.2, 0) is 11.3 Å². The Hall–Kier alpha value is -3.05. The molecule has 0 radical (unpaired) electrons. The summed E-state index contributed by atoms with van der Waals surface area (Å²) in [5.74, 6) is -0.218. The van der Waals surface area contributed by atoms with Crippen molar-refractivity contribution in [3.63, 3.8) is 0 Å². The summed E-state index contributed by atoms with van der Waals surface area (Å²) in [4.78, 5) is 19.2. The largest absolute Gasteiger partial charge is 0.326 e. The van der Waals surface area contributed by atoms with E-state index in [1.807, 2.05) is 42.5 Å². The van der Waals surface area contributed by atoms with E-state index in [1.165, 1.54) is 17.7 Å². The molecular weight excluding hydrogens is 365 g/mol. The first-order valence-electron chi connectivity index (χ1n) is 9.95. The van der Waals surface area contributed by atoms with E-state index in [9.17, 15) is 9.18 Å². The van der Waals surface area contributed by atoms with Gasteiger partial charge in [0.15, 0.2) is 0 Å². The van der Waals surface area contributed by atoms with E-state index < -0.39 is 0 Å². The van der Waals surface area contributed by atoms with Gasteiger partial charge in [-0.15, -0.1) is 0 Å². The maximum Gasteiger partial charge on any atom is 0.228 e. The Labute approximate surface area is 170 Å². The maximum atomic E-state index is 13.4. The third-order valence-corrected chi connectivity index (χ3v) is 5.34. The van der Waals surface area contributed by atoms with Crippen LogP contribution < -0.4 is 5.32 Å². The van der Waals surface area contributed by atoms with Crippen LogP contribution in [0.2, 0.25) is 0 Å². The molecule has 0 saturated carbocycles. The second-order valence-corrected chi connectivity index (χ2v) is 7.51. The number of rotatable bonds is 5. The lowest BCUT2D eigenvalue weighted by Crippen LogP contribution is -2.40. The Morgan fingerprint density at radius 1 is 1.07 bits per heavy atom. The Balaban J connectivity index is 1.36. The highest BCUT2D eigenvalue weighted by atomic mass is 19.1. The van der Waals surface area contributed by atoms with E-state index in [1.54, 1.807) is 18.5 Å². The zero-order chi connectivity index (χ0) is 20.1. The number of carbonyl (C=O) groups is 1. The average Bonchev–Trinajstić information content (AvgIpc) is 2.75. The quantitative estimate of drug-likeness (QED) is 0.686. The second-order valence-electron chi connectivity index (χ2n) is 7.51. The highest BCUT2D eigenvalue weighted by Crippen LogP contribution is 2.24. The molecule has 3 aromatic rings. The molecule has 2 aromatic carbocycles. The zero-order valence-corrected chi connectivity index (χ0v) is 16.2. The molecule has 1 amide bonds. The van der Waals surface area contributed by atoms with E-state index in [-0.39, 0.29) is 17.6 Å². The number of aromatic nitrogens is 1. The Bertz CT molecular complexity index is 959. The molecule has 1 N–H and O–H groups in total. The predicted molar refractivity (Wildman–Crippen MR) is 113 cm³/mol. The van der Waals surface area contributed by atoms with Gasteiger partial charge in [-0.25, -0.2) is 4.39 Å². The first-order chi connectivity index (χ1) is 14.2. The number of anilines is 1. The first-order valence-corrected chi connectivity index (χ1v) is 9.95. The number of pyridine rings is 1. The molecule has 4 rings (SSSR count). The molecule has 1 aliphatic heterocycles. The van der Waals surface area contributed by atoms with Gasteiger partial charge >= 0.3 is 0 Å². The fraction of sp³-hybridized carbons (Fsp3) is 0.250. The third-order valence-electron chi connectivity index (χ3n) is 5.34. The number of carbonyl (C=O) groups excluding carboxylic acids is 1. The van der Waals surface area contributed by atoms with Crippen molar-refractivity contribution in [2.24, 2.45) is 5.92 Å². The fourth-order valence-corrected chi connectivity index (χ4v) is 3.82. The molecule has 148 valence electrons. The zero-order valence-electron chi connectivity index (χ0n) is 16.2. The summed E-state index contributed by atoms with van der Waals surface area (Å²) in [6.07, 6.45) is 5.52. The fourth-order valence-electron chi connectivity index (χ4n) is 3.82. The topological polar surface area (TPSA) is 45.2 Å². The van der Waals surface area contributed by atoms with Crippen LogP contribution in [0.1, 0.15) is 18.4 Å². The number of halogens is 1. The summed E-state index contributed by atoms with van der Waals surface area (Å²) in [5, 5.41) is 3.04. The van der Waals surface area contributed by atoms with Gasteiger partial charge < -0.3 is 5.32 Å². The van der Waals surface area contributed by atoms with Gasteiger partial charge in [0.05, 0.1) is 5.92 Å². The molecule has 5 heteroatoms. The summed E-state index contributed by atoms with van der Waals surface area (Å²) < 4.78 is 13.4. The summed E-state index contributed by atoms with van der Waals surface area (Å²) in [6, 6.07) is 18.1. The summed E-state index contributed by atoms with van der Waals surface area (Å²) in [7, 11) is 0. The molecule has 1 aliphatic rings. The Kier molecular flexibility index (Phi) is 5.96. The molecular formula is C24H24FN3O. The number of likely N-dealkylation sites (tertiary alicyclic amines) is 1. The van der Waals surface area contributed by atoms with Crippen molar-refractivity contribution in [2.75, 3.05) is 18.4 Å². The van der Waals surface area contributed by atoms with Gasteiger partial charge in [-0.05, 0) is 72.5 Å². The minimum absolute atomic E-state index is 0.0199. The average molecular weight is 389 g/mol. The number of piperidine rings is 1. The monoisotopic (exact) mass is 389 g/mol. The van der Waals surface area contributed by atoms with E-state index >= 15 is 0 Å². The molecule has 4 nitrogen and oxygen atoms in total. The lowest BCUT2D eigenvalue weighted by Gasteiger charge is -2.32. The minimum atomic E-state index is -0.256. The standard InChI is InChI=1S/C24H24FN3O/c25-22-5-1-3-20(15-22)19-6-8-23(9-7-19)27-24(29)21-4-2-14-28(17-21)16-18-10-12-26-13-11-18/h1,3,5-13,15,21H,2,4,14,16-17H2,(H,27,29). The third kappa shape index (κ3) is 5.06. The van der Waals surface area contributed by atoms with Crippen LogP contribution in [-0.4, -0.2) is 28.9 Å². The van der Waals surface area contributed by atoms with Crippen molar-refractivity contribution in [3.8, 4) is 11.1 Å². The molecule has 0 aliphatic carbocycles. The van der Waals surface area contributed by atoms with Crippen LogP contribution in [0.4, 0.5) is 10.1 Å². The molecule has 1 fully saturated rings. The van der Waals surface area contributed by atoms with Gasteiger partial charge in [0, 0.05) is 31.2 Å². The summed E-state index contributed by atoms with van der Waals surface area (Å²) in [5.41, 5.74) is 3.72. The van der Waals surface area contributed by atoms with Crippen LogP contribution in [0.3, 0.4) is 0 Å². The molecule has 1 unspecified atom stereocenters. The SMILES string of the molecule is O=C(Nc1ccc(-c2cccc(F)c2)cc1)C1CCCN(Cc2ccncc2)C1. The van der Waals surface area contributed by atoms with Gasteiger partial charge in [0.1, 0.15) is 5.82 Å². The van der Waals surface area contributed by atoms with Crippen molar-refractivity contribution in [1.29, 1.82) is 0 Å². The highest BCUT2D eigenvalue weighted by molar-refractivity contribution is 5.93. The Morgan fingerprint density at radius 3 is 2.62 bits per heavy atom. The van der Waals surface area contributed by atoms with Crippen molar-refractivity contribution in [3.05, 3.63) is 84.4 Å². The first kappa shape index (κ1) is 19.3. The van der Waals surface area contributed by atoms with Crippen molar-refractivity contribution >= 4 is 11.6 Å². The summed E-state index contributed by atoms with van der Waals surface area (Å²) in [6.45, 7) is 2.61. The lowest BCUT2D eigenvalue weighted by molar-refractivity contribution is -0.121. The molecule has 0 spiro atoms. The maximum absolute atomic E-state index is 13.4. The number of nitrogens with one attached hydrogen (secondary N) is 1. The van der Waals surface area contributed by atoms with Gasteiger partial charge in [0.2, 0.25) is 5.91 Å². The van der Waals surface area contributed by atoms with Crippen LogP contribution >= 0.6 is 0 Å². The predicted octanol–water partition coefficient (Wildman–Crippen LogP) is 4.74. The van der Waals surface area contributed by atoms with Crippen molar-refractivity contribution in [2.45, 2.75) is 19.4 Å². The van der Waals surface area contributed by atoms with Crippen molar-refractivity contribution < 1.29 is 9.18 Å². The van der Waals surface area contributed by atoms with E-state index in [0.29, 0.717) is 0 Å². The molecule has 1 atom stereocenters. The molecule has 0 bridgehead atoms. The highest BCUT2D eigenvalue weighted by Gasteiger charge is 2.25. The molecule has 2 heterocycles. The number of nitrogens with zero attached hydrogens (tertiary/aromatic N) is 2. The number of amides is 1. The van der Waals surface area contributed by atoms with E-state index in [2.05, 4.69) is 15.2 Å². The molecule has 1 aromatic heterocycles. The second kappa shape index (κ2) is 8.97. The van der Waals surface area contributed by atoms with Crippen LogP contribution in [0.15, 0.2) is 73.1 Å². The minimum Gasteiger partial charge on any atom is -0.326 e. The van der Waals surface area contributed by atoms with Gasteiger partial charge in [-0.1, -0.05) is 24.3 Å². The van der Waals surface area contributed by atoms with Crippen LogP contribution in [0.5, 0.6) is 0 Å². The van der Waals surface area contributed by atoms with Crippen molar-refractivity contribution in [1.82, 2.24) is 9.88 Å². The molecule has 1 saturated heterocycles. The Morgan fingerprint density at radius 2 is 1.86 bits per heavy atom. The van der Waals surface area contributed by atoms with E-state index in [4.69, 9.17) is 0 Å². The molecule has 29 heavy (non-hydrogen) atoms. The van der Waals surface area contributed by atoms with Gasteiger partial charge in [-0.3, -0.25) is 14.7 Å². The number of hydrogen-bond donors (Lipinski definition) is 1. The normalized spacial score (nSPS) is 17.1. The van der Waals surface area contributed by atoms with Crippen LogP contribution in [0.25, 0.3) is 11.1 Å².